The molecule has 4 nitrogen and oxygen atoms in total. The minimum absolute atomic E-state index is 1.11. The van der Waals surface area contributed by atoms with Gasteiger partial charge in [0.15, 0.2) is 0 Å². The zero-order valence-electron chi connectivity index (χ0n) is 18.4. The first-order valence-corrected chi connectivity index (χ1v) is 11.8. The van der Waals surface area contributed by atoms with Crippen LogP contribution in [0.15, 0.2) is 0 Å². The van der Waals surface area contributed by atoms with Crippen LogP contribution >= 0.6 is 7.87 Å². The fraction of sp³-hybridized carbons (Fsp3) is 1.00. The minimum Gasteiger partial charge on any atom is -0.254 e. The van der Waals surface area contributed by atoms with Crippen molar-refractivity contribution in [2.24, 2.45) is 0 Å². The first-order valence-electron chi connectivity index (χ1n) is 10.0. The van der Waals surface area contributed by atoms with Crippen LogP contribution in [0.3, 0.4) is 0 Å². The van der Waals surface area contributed by atoms with E-state index >= 15 is 0 Å². The van der Waals surface area contributed by atoms with Crippen molar-refractivity contribution in [2.45, 2.75) is 60.3 Å². The quantitative estimate of drug-likeness (QED) is 0.316. The smallest absolute Gasteiger partial charge is 0.254 e. The Kier molecular flexibility index (Phi) is 17.6. The molecular formula is C17H43BF3N4P. The van der Waals surface area contributed by atoms with Crippen LogP contribution in [0.2, 0.25) is 0 Å². The van der Waals surface area contributed by atoms with E-state index < -0.39 is 15.4 Å². The van der Waals surface area contributed by atoms with E-state index in [0.717, 1.165) is 19.6 Å². The van der Waals surface area contributed by atoms with Crippen molar-refractivity contribution in [2.75, 3.05) is 53.9 Å². The molecule has 0 N–H and O–H groups in total. The van der Waals surface area contributed by atoms with E-state index in [2.05, 4.69) is 74.4 Å². The Morgan fingerprint density at radius 3 is 1.12 bits per heavy atom. The van der Waals surface area contributed by atoms with Crippen LogP contribution in [0.5, 0.6) is 0 Å². The van der Waals surface area contributed by atoms with E-state index in [1.165, 1.54) is 38.8 Å². The molecule has 0 aromatic carbocycles. The van der Waals surface area contributed by atoms with Gasteiger partial charge < -0.3 is 0 Å². The summed E-state index contributed by atoms with van der Waals surface area (Å²) >= 11 is 0. The van der Waals surface area contributed by atoms with Crippen molar-refractivity contribution in [3.8, 4) is 0 Å². The average Bonchev–Trinajstić information content (AvgIpc) is 2.62. The third kappa shape index (κ3) is 8.88. The summed E-state index contributed by atoms with van der Waals surface area (Å²) in [5.41, 5.74) is 0. The van der Waals surface area contributed by atoms with Gasteiger partial charge in [0.2, 0.25) is 0 Å². The van der Waals surface area contributed by atoms with Crippen molar-refractivity contribution in [1.82, 2.24) is 18.7 Å². The Labute approximate surface area is 161 Å². The molecule has 0 rings (SSSR count). The molecule has 26 heavy (non-hydrogen) atoms. The second-order valence-corrected chi connectivity index (χ2v) is 10.7. The van der Waals surface area contributed by atoms with Gasteiger partial charge in [-0.15, -0.1) is 0 Å². The third-order valence-corrected chi connectivity index (χ3v) is 10.3. The van der Waals surface area contributed by atoms with Gasteiger partial charge in [0, 0.05) is 0 Å². The van der Waals surface area contributed by atoms with Gasteiger partial charge in [0.1, 0.15) is 0 Å². The Morgan fingerprint density at radius 1 is 0.654 bits per heavy atom. The minimum atomic E-state index is -3.67. The van der Waals surface area contributed by atoms with Gasteiger partial charge in [0.05, 0.1) is 0 Å². The molecule has 0 amide bonds. The van der Waals surface area contributed by atoms with Crippen LogP contribution in [0.25, 0.3) is 0 Å². The van der Waals surface area contributed by atoms with Gasteiger partial charge in [-0.05, 0) is 0 Å². The summed E-state index contributed by atoms with van der Waals surface area (Å²) in [6, 6.07) is 0. The Morgan fingerprint density at radius 2 is 0.923 bits per heavy atom. The molecule has 0 bridgehead atoms. The second kappa shape index (κ2) is 16.1. The topological polar surface area (TPSA) is 13.0 Å². The van der Waals surface area contributed by atoms with Crippen molar-refractivity contribution in [1.29, 1.82) is 0 Å². The van der Waals surface area contributed by atoms with E-state index in [1.54, 1.807) is 0 Å². The van der Waals surface area contributed by atoms with Crippen molar-refractivity contribution in [3.63, 3.8) is 0 Å². The number of nitrogens with zero attached hydrogens (tertiary/aromatic N) is 4. The van der Waals surface area contributed by atoms with Gasteiger partial charge in [0.25, 0.3) is 0 Å². The summed E-state index contributed by atoms with van der Waals surface area (Å²) in [5, 5.41) is 0. The normalized spacial score (nSPS) is 12.7. The average molecular weight is 402 g/mol. The van der Waals surface area contributed by atoms with E-state index in [1.807, 2.05) is 0 Å². The Bertz CT molecular complexity index is 293. The molecule has 0 saturated carbocycles. The number of unbranched alkanes of at least 4 members (excludes halogenated alkanes) is 2. The SMILES string of the molecule is CCCCN(CCCC)[PH](N(C)CC)(N(C)CC)N(C)CC.FB(F)F. The summed E-state index contributed by atoms with van der Waals surface area (Å²) in [4.78, 5) is 0. The fourth-order valence-electron chi connectivity index (χ4n) is 3.34. The molecule has 0 aliphatic carbocycles. The fourth-order valence-corrected chi connectivity index (χ4v) is 8.73. The summed E-state index contributed by atoms with van der Waals surface area (Å²) in [6.07, 6.45) is 5.14. The predicted octanol–water partition coefficient (Wildman–Crippen LogP) is 5.03. The van der Waals surface area contributed by atoms with E-state index in [-0.39, 0.29) is 0 Å². The van der Waals surface area contributed by atoms with Crippen molar-refractivity contribution < 1.29 is 12.9 Å². The third-order valence-electron chi connectivity index (χ3n) is 4.95. The molecule has 0 heterocycles. The molecule has 0 saturated heterocycles. The van der Waals surface area contributed by atoms with Crippen LogP contribution in [0.1, 0.15) is 60.3 Å². The van der Waals surface area contributed by atoms with Gasteiger partial charge in [-0.1, -0.05) is 0 Å². The largest absolute Gasteiger partial charge is 0.762 e. The number of halogens is 3. The molecule has 0 radical (unpaired) electrons. The molecular weight excluding hydrogens is 359 g/mol. The van der Waals surface area contributed by atoms with Crippen LogP contribution in [-0.4, -0.2) is 80.1 Å². The molecule has 0 unspecified atom stereocenters. The molecule has 0 fully saturated rings. The molecule has 0 aromatic heterocycles. The zero-order valence-corrected chi connectivity index (χ0v) is 19.4. The van der Waals surface area contributed by atoms with Gasteiger partial charge in [-0.2, -0.15) is 0 Å². The van der Waals surface area contributed by atoms with Crippen molar-refractivity contribution in [3.05, 3.63) is 0 Å². The molecule has 0 aliphatic heterocycles. The summed E-state index contributed by atoms with van der Waals surface area (Å²) < 4.78 is 39.8. The van der Waals surface area contributed by atoms with Gasteiger partial charge in [-0.25, -0.2) is 0 Å². The molecule has 9 heteroatoms. The molecule has 0 aromatic rings. The monoisotopic (exact) mass is 402 g/mol. The molecule has 0 aliphatic rings. The van der Waals surface area contributed by atoms with Crippen LogP contribution in [0.4, 0.5) is 12.9 Å². The van der Waals surface area contributed by atoms with Gasteiger partial charge in [-0.3, -0.25) is 12.9 Å². The number of rotatable bonds is 13. The standard InChI is InChI=1S/C17H43N4P.BF3/c1-9-14-16-21(17-15-10-2)22(18(6)11-3,19(7)12-4)20(8)13-5;2-1(3)4/h22H,9-17H2,1-8H3;. The van der Waals surface area contributed by atoms with Crippen LogP contribution in [0, 0.1) is 0 Å². The number of hydrogen-bond acceptors (Lipinski definition) is 4. The first-order chi connectivity index (χ1) is 12.2. The van der Waals surface area contributed by atoms with E-state index in [9.17, 15) is 12.9 Å². The maximum absolute atomic E-state index is 9.67. The maximum atomic E-state index is 9.67. The number of hydrogen-bond donors (Lipinski definition) is 0. The summed E-state index contributed by atoms with van der Waals surface area (Å²) in [7, 11) is 1.34. The Hall–Kier alpha value is 0.125. The van der Waals surface area contributed by atoms with E-state index in [4.69, 9.17) is 0 Å². The van der Waals surface area contributed by atoms with Gasteiger partial charge >= 0.3 is 148 Å². The summed E-state index contributed by atoms with van der Waals surface area (Å²) in [5.74, 6) is 0. The predicted molar refractivity (Wildman–Crippen MR) is 114 cm³/mol. The summed E-state index contributed by atoms with van der Waals surface area (Å²) in [6.45, 7) is 17.3. The van der Waals surface area contributed by atoms with Crippen molar-refractivity contribution >= 4 is 15.4 Å². The van der Waals surface area contributed by atoms with E-state index in [0.29, 0.717) is 0 Å². The molecule has 0 spiro atoms. The van der Waals surface area contributed by atoms with Crippen LogP contribution < -0.4 is 0 Å². The second-order valence-electron chi connectivity index (χ2n) is 6.58. The van der Waals surface area contributed by atoms with Crippen LogP contribution in [-0.2, 0) is 0 Å². The zero-order chi connectivity index (χ0) is 20.8. The maximum Gasteiger partial charge on any atom is 0.762 e. The molecule has 0 atom stereocenters. The Balaban J connectivity index is 0. The first kappa shape index (κ1) is 28.3. The molecule has 160 valence electrons.